The molecule has 0 fully saturated rings. The highest BCUT2D eigenvalue weighted by molar-refractivity contribution is 5.46. The quantitative estimate of drug-likeness (QED) is 0.657. The van der Waals surface area contributed by atoms with Gasteiger partial charge < -0.3 is 9.84 Å². The second kappa shape index (κ2) is 4.48. The lowest BCUT2D eigenvalue weighted by molar-refractivity contribution is 0.350. The van der Waals surface area contributed by atoms with Crippen LogP contribution in [0.15, 0.2) is 18.2 Å². The Balaban J connectivity index is 3.15. The molecule has 3 heteroatoms. The Bertz CT molecular complexity index is 350. The molecular weight excluding hydrogens is 171 g/mol. The van der Waals surface area contributed by atoms with Crippen molar-refractivity contribution in [2.45, 2.75) is 0 Å². The van der Waals surface area contributed by atoms with Crippen molar-refractivity contribution < 1.29 is 14.2 Å². The van der Waals surface area contributed by atoms with Crippen molar-refractivity contribution in [3.8, 4) is 17.6 Å². The Morgan fingerprint density at radius 2 is 2.31 bits per heavy atom. The summed E-state index contributed by atoms with van der Waals surface area (Å²) in [7, 11) is 1.44. The van der Waals surface area contributed by atoms with Crippen molar-refractivity contribution in [2.75, 3.05) is 13.7 Å². The van der Waals surface area contributed by atoms with E-state index in [4.69, 9.17) is 9.84 Å². The van der Waals surface area contributed by atoms with Gasteiger partial charge in [-0.25, -0.2) is 4.39 Å². The molecule has 13 heavy (non-hydrogen) atoms. The number of hydrogen-bond donors (Lipinski definition) is 1. The van der Waals surface area contributed by atoms with Gasteiger partial charge in [-0.1, -0.05) is 17.9 Å². The number of methoxy groups -OCH3 is 1. The molecule has 0 aliphatic carbocycles. The average molecular weight is 180 g/mol. The summed E-state index contributed by atoms with van der Waals surface area (Å²) < 4.78 is 18.0. The van der Waals surface area contributed by atoms with Crippen molar-refractivity contribution in [2.24, 2.45) is 0 Å². The SMILES string of the molecule is COc1cccc(F)c1C#CCO. The van der Waals surface area contributed by atoms with Crippen LogP contribution in [-0.4, -0.2) is 18.8 Å². The Labute approximate surface area is 76.0 Å². The maximum Gasteiger partial charge on any atom is 0.142 e. The molecule has 0 bridgehead atoms. The summed E-state index contributed by atoms with van der Waals surface area (Å²) >= 11 is 0. The summed E-state index contributed by atoms with van der Waals surface area (Å²) in [6, 6.07) is 4.45. The summed E-state index contributed by atoms with van der Waals surface area (Å²) in [5.41, 5.74) is 0.180. The smallest absolute Gasteiger partial charge is 0.142 e. The first-order valence-electron chi connectivity index (χ1n) is 3.72. The summed E-state index contributed by atoms with van der Waals surface area (Å²) in [6.07, 6.45) is 0. The predicted octanol–water partition coefficient (Wildman–Crippen LogP) is 1.18. The van der Waals surface area contributed by atoms with Crippen LogP contribution in [-0.2, 0) is 0 Å². The maximum absolute atomic E-state index is 13.1. The molecule has 0 saturated heterocycles. The molecular formula is C10H9FO2. The average Bonchev–Trinajstić information content (AvgIpc) is 2.15. The predicted molar refractivity (Wildman–Crippen MR) is 46.9 cm³/mol. The normalized spacial score (nSPS) is 8.85. The first kappa shape index (κ1) is 9.56. The van der Waals surface area contributed by atoms with E-state index < -0.39 is 5.82 Å². The molecule has 0 aliphatic heterocycles. The highest BCUT2D eigenvalue weighted by Gasteiger charge is 2.04. The number of aliphatic hydroxyl groups is 1. The van der Waals surface area contributed by atoms with Crippen molar-refractivity contribution in [1.29, 1.82) is 0 Å². The largest absolute Gasteiger partial charge is 0.495 e. The van der Waals surface area contributed by atoms with Gasteiger partial charge in [0.15, 0.2) is 0 Å². The minimum absolute atomic E-state index is 0.180. The van der Waals surface area contributed by atoms with Crippen LogP contribution >= 0.6 is 0 Å². The van der Waals surface area contributed by atoms with Crippen molar-refractivity contribution in [3.05, 3.63) is 29.6 Å². The van der Waals surface area contributed by atoms with Gasteiger partial charge in [-0.15, -0.1) is 0 Å². The Morgan fingerprint density at radius 1 is 1.54 bits per heavy atom. The fourth-order valence-electron chi connectivity index (χ4n) is 0.924. The number of hydrogen-bond acceptors (Lipinski definition) is 2. The summed E-state index contributed by atoms with van der Waals surface area (Å²) in [6.45, 7) is -0.294. The van der Waals surface area contributed by atoms with E-state index in [1.807, 2.05) is 0 Å². The van der Waals surface area contributed by atoms with Gasteiger partial charge in [0.05, 0.1) is 7.11 Å². The fourth-order valence-corrected chi connectivity index (χ4v) is 0.924. The highest BCUT2D eigenvalue weighted by Crippen LogP contribution is 2.19. The first-order chi connectivity index (χ1) is 6.29. The summed E-state index contributed by atoms with van der Waals surface area (Å²) in [5, 5.41) is 8.45. The molecule has 1 aromatic rings. The van der Waals surface area contributed by atoms with Crippen molar-refractivity contribution in [1.82, 2.24) is 0 Å². The molecule has 68 valence electrons. The fraction of sp³-hybridized carbons (Fsp3) is 0.200. The molecule has 0 atom stereocenters. The lowest BCUT2D eigenvalue weighted by Gasteiger charge is -2.02. The molecule has 0 unspecified atom stereocenters. The Hall–Kier alpha value is -1.53. The highest BCUT2D eigenvalue weighted by atomic mass is 19.1. The molecule has 2 nitrogen and oxygen atoms in total. The third kappa shape index (κ3) is 2.20. The number of aliphatic hydroxyl groups excluding tert-OH is 1. The van der Waals surface area contributed by atoms with Gasteiger partial charge in [-0.3, -0.25) is 0 Å². The monoisotopic (exact) mass is 180 g/mol. The lowest BCUT2D eigenvalue weighted by Crippen LogP contribution is -1.91. The second-order valence-electron chi connectivity index (χ2n) is 2.28. The number of benzene rings is 1. The van der Waals surface area contributed by atoms with E-state index >= 15 is 0 Å². The topological polar surface area (TPSA) is 29.5 Å². The molecule has 0 aliphatic rings. The van der Waals surface area contributed by atoms with E-state index in [1.165, 1.54) is 19.2 Å². The summed E-state index contributed by atoms with van der Waals surface area (Å²) in [4.78, 5) is 0. The van der Waals surface area contributed by atoms with Gasteiger partial charge >= 0.3 is 0 Å². The standard InChI is InChI=1S/C10H9FO2/c1-13-10-6-2-5-9(11)8(10)4-3-7-12/h2,5-6,12H,7H2,1H3. The minimum Gasteiger partial charge on any atom is -0.495 e. The number of rotatable bonds is 1. The Kier molecular flexibility index (Phi) is 3.30. The zero-order valence-corrected chi connectivity index (χ0v) is 7.17. The van der Waals surface area contributed by atoms with Gasteiger partial charge in [-0.05, 0) is 12.1 Å². The van der Waals surface area contributed by atoms with Gasteiger partial charge in [0, 0.05) is 0 Å². The lowest BCUT2D eigenvalue weighted by atomic mass is 10.2. The van der Waals surface area contributed by atoms with Crippen LogP contribution in [0.3, 0.4) is 0 Å². The van der Waals surface area contributed by atoms with E-state index in [0.717, 1.165) is 0 Å². The van der Waals surface area contributed by atoms with Gasteiger partial charge in [-0.2, -0.15) is 0 Å². The van der Waals surface area contributed by atoms with E-state index in [1.54, 1.807) is 6.07 Å². The molecule has 0 amide bonds. The van der Waals surface area contributed by atoms with Gasteiger partial charge in [0.2, 0.25) is 0 Å². The van der Waals surface area contributed by atoms with Gasteiger partial charge in [0.1, 0.15) is 23.7 Å². The van der Waals surface area contributed by atoms with E-state index in [2.05, 4.69) is 11.8 Å². The molecule has 1 N–H and O–H groups in total. The molecule has 1 aromatic carbocycles. The molecule has 0 radical (unpaired) electrons. The van der Waals surface area contributed by atoms with E-state index in [-0.39, 0.29) is 12.2 Å². The van der Waals surface area contributed by atoms with Crippen LogP contribution < -0.4 is 4.74 Å². The van der Waals surface area contributed by atoms with Crippen LogP contribution in [0.2, 0.25) is 0 Å². The molecule has 0 aromatic heterocycles. The van der Waals surface area contributed by atoms with Gasteiger partial charge in [0.25, 0.3) is 0 Å². The second-order valence-corrected chi connectivity index (χ2v) is 2.28. The first-order valence-corrected chi connectivity index (χ1v) is 3.72. The van der Waals surface area contributed by atoms with Crippen LogP contribution in [0.4, 0.5) is 4.39 Å². The maximum atomic E-state index is 13.1. The van der Waals surface area contributed by atoms with Crippen LogP contribution in [0.25, 0.3) is 0 Å². The number of ether oxygens (including phenoxy) is 1. The number of halogens is 1. The minimum atomic E-state index is -0.444. The third-order valence-electron chi connectivity index (χ3n) is 1.49. The zero-order valence-electron chi connectivity index (χ0n) is 7.17. The van der Waals surface area contributed by atoms with Crippen molar-refractivity contribution >= 4 is 0 Å². The third-order valence-corrected chi connectivity index (χ3v) is 1.49. The molecule has 0 heterocycles. The summed E-state index contributed by atoms with van der Waals surface area (Å²) in [5.74, 6) is 4.78. The van der Waals surface area contributed by atoms with E-state index in [9.17, 15) is 4.39 Å². The van der Waals surface area contributed by atoms with Crippen molar-refractivity contribution in [3.63, 3.8) is 0 Å². The van der Waals surface area contributed by atoms with Crippen LogP contribution in [0, 0.1) is 17.7 Å². The Morgan fingerprint density at radius 3 is 2.92 bits per heavy atom. The molecule has 0 spiro atoms. The van der Waals surface area contributed by atoms with Crippen LogP contribution in [0.1, 0.15) is 5.56 Å². The van der Waals surface area contributed by atoms with Crippen LogP contribution in [0.5, 0.6) is 5.75 Å². The molecule has 1 rings (SSSR count). The molecule has 0 saturated carbocycles. The zero-order chi connectivity index (χ0) is 9.68. The van der Waals surface area contributed by atoms with E-state index in [0.29, 0.717) is 5.75 Å².